The number of halogens is 3. The van der Waals surface area contributed by atoms with Crippen LogP contribution in [-0.2, 0) is 6.18 Å². The largest absolute Gasteiger partial charge is 0.416 e. The number of fused-ring (bicyclic) bond motifs is 1. The maximum atomic E-state index is 12.7. The molecule has 6 heteroatoms. The van der Waals surface area contributed by atoms with E-state index in [1.807, 2.05) is 13.8 Å². The number of hydrogen-bond acceptors (Lipinski definition) is 2. The highest BCUT2D eigenvalue weighted by Crippen LogP contribution is 2.31. The Labute approximate surface area is 121 Å². The van der Waals surface area contributed by atoms with Crippen molar-refractivity contribution >= 4 is 11.0 Å². The van der Waals surface area contributed by atoms with Gasteiger partial charge in [-0.25, -0.2) is 4.98 Å². The maximum Gasteiger partial charge on any atom is 0.416 e. The molecule has 1 heterocycles. The van der Waals surface area contributed by atoms with Crippen LogP contribution in [0.4, 0.5) is 13.2 Å². The Kier molecular flexibility index (Phi) is 4.56. The number of benzene rings is 1. The van der Waals surface area contributed by atoms with Crippen LogP contribution >= 0.6 is 0 Å². The first-order chi connectivity index (χ1) is 9.77. The summed E-state index contributed by atoms with van der Waals surface area (Å²) in [7, 11) is 0. The van der Waals surface area contributed by atoms with Crippen LogP contribution in [0, 0.1) is 0 Å². The molecule has 2 aromatic rings. The Hall–Kier alpha value is -1.56. The van der Waals surface area contributed by atoms with E-state index < -0.39 is 11.7 Å². The summed E-state index contributed by atoms with van der Waals surface area (Å²) >= 11 is 0. The molecule has 0 saturated heterocycles. The highest BCUT2D eigenvalue weighted by Gasteiger charge is 2.30. The molecular weight excluding hydrogens is 279 g/mol. The minimum atomic E-state index is -4.33. The minimum absolute atomic E-state index is 0.169. The third kappa shape index (κ3) is 3.97. The smallest absolute Gasteiger partial charge is 0.342 e. The van der Waals surface area contributed by atoms with Crippen LogP contribution in [0.25, 0.3) is 11.0 Å². The van der Waals surface area contributed by atoms with E-state index in [9.17, 15) is 13.2 Å². The van der Waals surface area contributed by atoms with Gasteiger partial charge in [-0.15, -0.1) is 0 Å². The zero-order valence-corrected chi connectivity index (χ0v) is 12.2. The number of aromatic nitrogens is 2. The van der Waals surface area contributed by atoms with Gasteiger partial charge in [0.2, 0.25) is 0 Å². The standard InChI is InChI=1S/C15H20F3N3/c1-9(4-3-5-10(2)19)14-20-12-7-6-11(15(16,17)18)8-13(12)21-14/h6-10H,3-5,19H2,1-2H3,(H,20,21). The van der Waals surface area contributed by atoms with Gasteiger partial charge in [0.15, 0.2) is 0 Å². The van der Waals surface area contributed by atoms with Crippen LogP contribution in [0.15, 0.2) is 18.2 Å². The van der Waals surface area contributed by atoms with Crippen molar-refractivity contribution in [2.24, 2.45) is 5.73 Å². The third-order valence-electron chi connectivity index (χ3n) is 3.59. The number of H-pyrrole nitrogens is 1. The van der Waals surface area contributed by atoms with Crippen LogP contribution in [0.2, 0.25) is 0 Å². The van der Waals surface area contributed by atoms with E-state index >= 15 is 0 Å². The number of aromatic amines is 1. The van der Waals surface area contributed by atoms with E-state index in [1.54, 1.807) is 0 Å². The van der Waals surface area contributed by atoms with Crippen molar-refractivity contribution in [3.63, 3.8) is 0 Å². The van der Waals surface area contributed by atoms with Gasteiger partial charge in [-0.3, -0.25) is 0 Å². The second-order valence-corrected chi connectivity index (χ2v) is 5.66. The second kappa shape index (κ2) is 6.05. The summed E-state index contributed by atoms with van der Waals surface area (Å²) in [5, 5.41) is 0. The van der Waals surface area contributed by atoms with Gasteiger partial charge in [-0.05, 0) is 38.0 Å². The molecule has 2 atom stereocenters. The molecule has 0 aliphatic rings. The molecule has 0 radical (unpaired) electrons. The van der Waals surface area contributed by atoms with Crippen LogP contribution in [-0.4, -0.2) is 16.0 Å². The zero-order chi connectivity index (χ0) is 15.6. The molecule has 2 unspecified atom stereocenters. The monoisotopic (exact) mass is 299 g/mol. The molecule has 1 aromatic carbocycles. The van der Waals surface area contributed by atoms with Gasteiger partial charge in [0.1, 0.15) is 5.82 Å². The topological polar surface area (TPSA) is 54.7 Å². The lowest BCUT2D eigenvalue weighted by atomic mass is 10.0. The summed E-state index contributed by atoms with van der Waals surface area (Å²) in [5.41, 5.74) is 6.04. The predicted molar refractivity (Wildman–Crippen MR) is 77.0 cm³/mol. The Bertz CT molecular complexity index is 602. The SMILES string of the molecule is CC(N)CCCC(C)c1nc2ccc(C(F)(F)F)cc2[nH]1. The molecule has 2 rings (SSSR count). The first-order valence-corrected chi connectivity index (χ1v) is 7.10. The van der Waals surface area contributed by atoms with Crippen LogP contribution in [0.3, 0.4) is 0 Å². The fraction of sp³-hybridized carbons (Fsp3) is 0.533. The summed E-state index contributed by atoms with van der Waals surface area (Å²) in [6.07, 6.45) is -1.51. The van der Waals surface area contributed by atoms with E-state index in [1.165, 1.54) is 6.07 Å². The average molecular weight is 299 g/mol. The van der Waals surface area contributed by atoms with E-state index in [-0.39, 0.29) is 12.0 Å². The Balaban J connectivity index is 2.15. The summed E-state index contributed by atoms with van der Waals surface area (Å²) in [6.45, 7) is 3.98. The molecule has 3 nitrogen and oxygen atoms in total. The molecule has 0 aliphatic heterocycles. The van der Waals surface area contributed by atoms with Crippen molar-refractivity contribution < 1.29 is 13.2 Å². The molecule has 0 bridgehead atoms. The van der Waals surface area contributed by atoms with E-state index in [4.69, 9.17) is 5.73 Å². The zero-order valence-electron chi connectivity index (χ0n) is 12.2. The van der Waals surface area contributed by atoms with Crippen LogP contribution < -0.4 is 5.73 Å². The minimum Gasteiger partial charge on any atom is -0.342 e. The van der Waals surface area contributed by atoms with Gasteiger partial charge in [-0.1, -0.05) is 13.3 Å². The summed E-state index contributed by atoms with van der Waals surface area (Å²) in [4.78, 5) is 7.38. The third-order valence-corrected chi connectivity index (χ3v) is 3.59. The molecular formula is C15H20F3N3. The highest BCUT2D eigenvalue weighted by atomic mass is 19.4. The summed E-state index contributed by atoms with van der Waals surface area (Å²) < 4.78 is 38.0. The quantitative estimate of drug-likeness (QED) is 0.869. The number of nitrogens with zero attached hydrogens (tertiary/aromatic N) is 1. The summed E-state index contributed by atoms with van der Waals surface area (Å²) in [5.74, 6) is 0.902. The van der Waals surface area contributed by atoms with Crippen LogP contribution in [0.5, 0.6) is 0 Å². The van der Waals surface area contributed by atoms with E-state index in [2.05, 4.69) is 9.97 Å². The van der Waals surface area contributed by atoms with Gasteiger partial charge in [0, 0.05) is 12.0 Å². The van der Waals surface area contributed by atoms with E-state index in [0.29, 0.717) is 11.0 Å². The number of nitrogens with one attached hydrogen (secondary N) is 1. The van der Waals surface area contributed by atoms with Gasteiger partial charge in [0.05, 0.1) is 16.6 Å². The summed E-state index contributed by atoms with van der Waals surface area (Å²) in [6, 6.07) is 3.75. The van der Waals surface area contributed by atoms with Crippen LogP contribution in [0.1, 0.15) is 50.4 Å². The van der Waals surface area contributed by atoms with Crippen molar-refractivity contribution in [1.82, 2.24) is 9.97 Å². The molecule has 0 amide bonds. The first-order valence-electron chi connectivity index (χ1n) is 7.10. The van der Waals surface area contributed by atoms with Crippen molar-refractivity contribution in [1.29, 1.82) is 0 Å². The van der Waals surface area contributed by atoms with Crippen molar-refractivity contribution in [3.05, 3.63) is 29.6 Å². The molecule has 1 aromatic heterocycles. The maximum absolute atomic E-state index is 12.7. The van der Waals surface area contributed by atoms with E-state index in [0.717, 1.165) is 37.2 Å². The second-order valence-electron chi connectivity index (χ2n) is 5.66. The fourth-order valence-electron chi connectivity index (χ4n) is 2.32. The molecule has 0 aliphatic carbocycles. The normalized spacial score (nSPS) is 15.3. The number of alkyl halides is 3. The first kappa shape index (κ1) is 15.8. The molecule has 0 fully saturated rings. The number of nitrogens with two attached hydrogens (primary N) is 1. The van der Waals surface area contributed by atoms with Gasteiger partial charge in [-0.2, -0.15) is 13.2 Å². The van der Waals surface area contributed by atoms with Crippen molar-refractivity contribution in [3.8, 4) is 0 Å². The molecule has 3 N–H and O–H groups in total. The molecule has 116 valence electrons. The lowest BCUT2D eigenvalue weighted by molar-refractivity contribution is -0.137. The Morgan fingerprint density at radius 3 is 2.57 bits per heavy atom. The van der Waals surface area contributed by atoms with Crippen molar-refractivity contribution in [2.75, 3.05) is 0 Å². The lowest BCUT2D eigenvalue weighted by Crippen LogP contribution is -2.14. The van der Waals surface area contributed by atoms with Crippen molar-refractivity contribution in [2.45, 2.75) is 51.2 Å². The molecule has 21 heavy (non-hydrogen) atoms. The molecule has 0 spiro atoms. The Morgan fingerprint density at radius 2 is 1.95 bits per heavy atom. The van der Waals surface area contributed by atoms with Gasteiger partial charge in [0.25, 0.3) is 0 Å². The average Bonchev–Trinajstić information content (AvgIpc) is 2.79. The lowest BCUT2D eigenvalue weighted by Gasteiger charge is -2.09. The van der Waals surface area contributed by atoms with Gasteiger partial charge >= 0.3 is 6.18 Å². The number of imidazole rings is 1. The van der Waals surface area contributed by atoms with Gasteiger partial charge < -0.3 is 10.7 Å². The highest BCUT2D eigenvalue weighted by molar-refractivity contribution is 5.76. The molecule has 0 saturated carbocycles. The predicted octanol–water partition coefficient (Wildman–Crippen LogP) is 4.20. The Morgan fingerprint density at radius 1 is 1.24 bits per heavy atom. The number of hydrogen-bond donors (Lipinski definition) is 2. The fourth-order valence-corrected chi connectivity index (χ4v) is 2.32. The number of rotatable bonds is 5.